The Kier molecular flexibility index (Phi) is 5.58. The average molecular weight is 314 g/mol. The van der Waals surface area contributed by atoms with E-state index in [1.54, 1.807) is 6.20 Å². The smallest absolute Gasteiger partial charge is 0.129 e. The minimum atomic E-state index is 0.452. The average Bonchev–Trinajstić information content (AvgIpc) is 2.41. The summed E-state index contributed by atoms with van der Waals surface area (Å²) >= 11 is 8.30. The molecule has 1 aliphatic rings. The molecule has 1 saturated heterocycles. The van der Waals surface area contributed by atoms with Crippen LogP contribution < -0.4 is 10.2 Å². The van der Waals surface area contributed by atoms with E-state index in [9.17, 15) is 0 Å². The molecular formula is C15H24ClN3S. The fourth-order valence-electron chi connectivity index (χ4n) is 2.33. The summed E-state index contributed by atoms with van der Waals surface area (Å²) in [5.41, 5.74) is 1.13. The van der Waals surface area contributed by atoms with Gasteiger partial charge in [-0.2, -0.15) is 11.8 Å². The van der Waals surface area contributed by atoms with Crippen LogP contribution in [0.4, 0.5) is 5.82 Å². The van der Waals surface area contributed by atoms with Crippen molar-refractivity contribution in [1.82, 2.24) is 10.3 Å². The van der Waals surface area contributed by atoms with E-state index < -0.39 is 0 Å². The molecular weight excluding hydrogens is 290 g/mol. The summed E-state index contributed by atoms with van der Waals surface area (Å²) in [5, 5.41) is 4.80. The van der Waals surface area contributed by atoms with Gasteiger partial charge in [0, 0.05) is 42.4 Å². The number of halogens is 1. The van der Waals surface area contributed by atoms with Crippen LogP contribution in [0.2, 0.25) is 5.02 Å². The third-order valence-electron chi connectivity index (χ3n) is 3.80. The van der Waals surface area contributed by atoms with Crippen molar-refractivity contribution in [1.29, 1.82) is 0 Å². The van der Waals surface area contributed by atoms with Crippen LogP contribution >= 0.6 is 23.4 Å². The number of thioether (sulfide) groups is 1. The highest BCUT2D eigenvalue weighted by Gasteiger charge is 2.26. The Morgan fingerprint density at radius 2 is 2.25 bits per heavy atom. The van der Waals surface area contributed by atoms with Crippen LogP contribution in [0.3, 0.4) is 0 Å². The van der Waals surface area contributed by atoms with Gasteiger partial charge in [-0.15, -0.1) is 0 Å². The first kappa shape index (κ1) is 15.9. The molecule has 1 aromatic rings. The summed E-state index contributed by atoms with van der Waals surface area (Å²) in [6.45, 7) is 10.7. The minimum absolute atomic E-state index is 0.452. The first-order valence-electron chi connectivity index (χ1n) is 7.25. The van der Waals surface area contributed by atoms with Crippen LogP contribution in [0.5, 0.6) is 0 Å². The molecule has 2 unspecified atom stereocenters. The third kappa shape index (κ3) is 3.80. The number of nitrogens with one attached hydrogen (secondary N) is 1. The molecule has 112 valence electrons. The number of hydrogen-bond acceptors (Lipinski definition) is 4. The molecule has 2 rings (SSSR count). The zero-order valence-electron chi connectivity index (χ0n) is 12.7. The standard InChI is InChI=1S/C15H24ClN3S/c1-10(2)17-8-13-7-15(18-9-14(13)16)19-5-6-20-12(4)11(19)3/h7,9-12,17H,5-6,8H2,1-4H3. The van der Waals surface area contributed by atoms with Crippen molar-refractivity contribution >= 4 is 29.2 Å². The first-order chi connectivity index (χ1) is 9.49. The van der Waals surface area contributed by atoms with Gasteiger partial charge in [-0.1, -0.05) is 32.4 Å². The van der Waals surface area contributed by atoms with Gasteiger partial charge >= 0.3 is 0 Å². The van der Waals surface area contributed by atoms with E-state index in [0.717, 1.165) is 35.2 Å². The van der Waals surface area contributed by atoms with Crippen molar-refractivity contribution < 1.29 is 0 Å². The fraction of sp³-hybridized carbons (Fsp3) is 0.667. The minimum Gasteiger partial charge on any atom is -0.352 e. The Morgan fingerprint density at radius 3 is 2.95 bits per heavy atom. The number of rotatable bonds is 4. The molecule has 0 aliphatic carbocycles. The lowest BCUT2D eigenvalue weighted by Crippen LogP contribution is -2.45. The van der Waals surface area contributed by atoms with Crippen LogP contribution in [0.15, 0.2) is 12.3 Å². The number of anilines is 1. The van der Waals surface area contributed by atoms with E-state index in [2.05, 4.69) is 49.0 Å². The number of hydrogen-bond donors (Lipinski definition) is 1. The van der Waals surface area contributed by atoms with E-state index in [1.165, 1.54) is 0 Å². The molecule has 1 fully saturated rings. The highest BCUT2D eigenvalue weighted by atomic mass is 35.5. The van der Waals surface area contributed by atoms with Crippen molar-refractivity contribution in [3.05, 3.63) is 22.8 Å². The van der Waals surface area contributed by atoms with Crippen LogP contribution in [-0.4, -0.2) is 34.6 Å². The van der Waals surface area contributed by atoms with E-state index in [0.29, 0.717) is 17.3 Å². The van der Waals surface area contributed by atoms with E-state index in [4.69, 9.17) is 11.6 Å². The quantitative estimate of drug-likeness (QED) is 0.920. The van der Waals surface area contributed by atoms with Crippen molar-refractivity contribution in [2.24, 2.45) is 0 Å². The zero-order valence-corrected chi connectivity index (χ0v) is 14.3. The summed E-state index contributed by atoms with van der Waals surface area (Å²) in [7, 11) is 0. The van der Waals surface area contributed by atoms with Gasteiger partial charge < -0.3 is 10.2 Å². The van der Waals surface area contributed by atoms with Gasteiger partial charge in [0.15, 0.2) is 0 Å². The number of pyridine rings is 1. The molecule has 0 aromatic carbocycles. The highest BCUT2D eigenvalue weighted by molar-refractivity contribution is 8.00. The van der Waals surface area contributed by atoms with Crippen LogP contribution in [0.1, 0.15) is 33.3 Å². The number of aromatic nitrogens is 1. The van der Waals surface area contributed by atoms with Crippen molar-refractivity contribution in [3.63, 3.8) is 0 Å². The normalized spacial score (nSPS) is 23.4. The summed E-state index contributed by atoms with van der Waals surface area (Å²) in [6.07, 6.45) is 1.79. The lowest BCUT2D eigenvalue weighted by molar-refractivity contribution is 0.587. The van der Waals surface area contributed by atoms with Gasteiger partial charge in [0.05, 0.1) is 5.02 Å². The Labute approximate surface area is 131 Å². The van der Waals surface area contributed by atoms with Gasteiger partial charge in [-0.3, -0.25) is 0 Å². The molecule has 3 nitrogen and oxygen atoms in total. The van der Waals surface area contributed by atoms with Crippen LogP contribution in [0, 0.1) is 0 Å². The van der Waals surface area contributed by atoms with Gasteiger partial charge in [-0.05, 0) is 18.6 Å². The molecule has 0 radical (unpaired) electrons. The Morgan fingerprint density at radius 1 is 1.50 bits per heavy atom. The molecule has 0 spiro atoms. The second kappa shape index (κ2) is 7.01. The molecule has 0 saturated carbocycles. The Hall–Kier alpha value is -0.450. The van der Waals surface area contributed by atoms with Crippen molar-refractivity contribution in [2.45, 2.75) is 51.6 Å². The van der Waals surface area contributed by atoms with Gasteiger partial charge in [0.2, 0.25) is 0 Å². The first-order valence-corrected chi connectivity index (χ1v) is 8.67. The van der Waals surface area contributed by atoms with E-state index in [-0.39, 0.29) is 0 Å². The van der Waals surface area contributed by atoms with Crippen LogP contribution in [0.25, 0.3) is 0 Å². The lowest BCUT2D eigenvalue weighted by Gasteiger charge is -2.38. The molecule has 1 aliphatic heterocycles. The predicted molar refractivity (Wildman–Crippen MR) is 90.0 cm³/mol. The molecule has 0 amide bonds. The topological polar surface area (TPSA) is 28.2 Å². The highest BCUT2D eigenvalue weighted by Crippen LogP contribution is 2.29. The van der Waals surface area contributed by atoms with E-state index >= 15 is 0 Å². The molecule has 2 atom stereocenters. The number of nitrogens with zero attached hydrogens (tertiary/aromatic N) is 2. The van der Waals surface area contributed by atoms with Gasteiger partial charge in [0.25, 0.3) is 0 Å². The predicted octanol–water partition coefficient (Wildman–Crippen LogP) is 3.56. The van der Waals surface area contributed by atoms with Crippen molar-refractivity contribution in [2.75, 3.05) is 17.2 Å². The summed E-state index contributed by atoms with van der Waals surface area (Å²) in [5.74, 6) is 2.21. The molecule has 20 heavy (non-hydrogen) atoms. The molecule has 0 bridgehead atoms. The molecule has 5 heteroatoms. The second-order valence-corrected chi connectivity index (χ2v) is 7.57. The summed E-state index contributed by atoms with van der Waals surface area (Å²) < 4.78 is 0. The second-order valence-electron chi connectivity index (χ2n) is 5.68. The zero-order chi connectivity index (χ0) is 14.7. The van der Waals surface area contributed by atoms with Crippen LogP contribution in [-0.2, 0) is 6.54 Å². The molecule has 1 N–H and O–H groups in total. The summed E-state index contributed by atoms with van der Waals surface area (Å²) in [6, 6.07) is 3.10. The van der Waals surface area contributed by atoms with Gasteiger partial charge in [-0.25, -0.2) is 4.98 Å². The van der Waals surface area contributed by atoms with E-state index in [1.807, 2.05) is 11.8 Å². The third-order valence-corrected chi connectivity index (χ3v) is 5.48. The maximum Gasteiger partial charge on any atom is 0.129 e. The fourth-order valence-corrected chi connectivity index (χ4v) is 3.60. The summed E-state index contributed by atoms with van der Waals surface area (Å²) in [4.78, 5) is 6.93. The Balaban J connectivity index is 2.17. The monoisotopic (exact) mass is 313 g/mol. The molecule has 2 heterocycles. The lowest BCUT2D eigenvalue weighted by atomic mass is 10.2. The largest absolute Gasteiger partial charge is 0.352 e. The maximum absolute atomic E-state index is 6.26. The van der Waals surface area contributed by atoms with Crippen molar-refractivity contribution in [3.8, 4) is 0 Å². The maximum atomic E-state index is 6.26. The SMILES string of the molecule is CC(C)NCc1cc(N2CCSC(C)C2C)ncc1Cl. The van der Waals surface area contributed by atoms with Gasteiger partial charge in [0.1, 0.15) is 5.82 Å². The Bertz CT molecular complexity index is 453. The molecule has 1 aromatic heterocycles.